The average Bonchev–Trinajstić information content (AvgIpc) is 3.18. The summed E-state index contributed by atoms with van der Waals surface area (Å²) in [6, 6.07) is 0. The fourth-order valence-corrected chi connectivity index (χ4v) is 6.66. The molecule has 1 aliphatic heterocycles. The smallest absolute Gasteiger partial charge is 0.125 e. The van der Waals surface area contributed by atoms with Crippen molar-refractivity contribution in [2.45, 2.75) is 117 Å². The molecule has 0 aromatic carbocycles. The van der Waals surface area contributed by atoms with E-state index in [1.165, 1.54) is 83.5 Å². The summed E-state index contributed by atoms with van der Waals surface area (Å²) in [5.41, 5.74) is 7.53. The second-order valence-corrected chi connectivity index (χ2v) is 11.3. The summed E-state index contributed by atoms with van der Waals surface area (Å²) in [4.78, 5) is 0. The zero-order valence-corrected chi connectivity index (χ0v) is 18.1. The molecule has 1 saturated heterocycles. The minimum Gasteiger partial charge on any atom is -0.342 e. The number of nitrogens with one attached hydrogen (secondary N) is 2. The van der Waals surface area contributed by atoms with Gasteiger partial charge >= 0.3 is 0 Å². The molecule has 4 rings (SSSR count). The lowest BCUT2D eigenvalue weighted by molar-refractivity contribution is -0.0504. The Balaban J connectivity index is 1.20. The molecule has 0 aromatic rings. The van der Waals surface area contributed by atoms with Crippen LogP contribution in [0.1, 0.15) is 104 Å². The predicted molar refractivity (Wildman–Crippen MR) is 112 cm³/mol. The first kappa shape index (κ1) is 20.2. The Labute approximate surface area is 167 Å². The topological polar surface area (TPSA) is 33.3 Å². The van der Waals surface area contributed by atoms with Crippen molar-refractivity contribution in [3.8, 4) is 0 Å². The van der Waals surface area contributed by atoms with Crippen LogP contribution in [0.15, 0.2) is 0 Å². The van der Waals surface area contributed by atoms with Crippen LogP contribution >= 0.6 is 0 Å². The molecule has 3 nitrogen and oxygen atoms in total. The molecule has 0 amide bonds. The molecule has 2 atom stereocenters. The minimum absolute atomic E-state index is 0.243. The maximum Gasteiger partial charge on any atom is 0.125 e. The van der Waals surface area contributed by atoms with Crippen molar-refractivity contribution < 1.29 is 4.74 Å². The summed E-state index contributed by atoms with van der Waals surface area (Å²) >= 11 is 0. The highest BCUT2D eigenvalue weighted by Crippen LogP contribution is 2.43. The molecule has 27 heavy (non-hydrogen) atoms. The van der Waals surface area contributed by atoms with Gasteiger partial charge in [-0.1, -0.05) is 52.9 Å². The van der Waals surface area contributed by atoms with Crippen LogP contribution in [0.2, 0.25) is 0 Å². The summed E-state index contributed by atoms with van der Waals surface area (Å²) in [5.74, 6) is 4.35. The molecule has 0 radical (unpaired) electrons. The highest BCUT2D eigenvalue weighted by molar-refractivity contribution is 4.87. The van der Waals surface area contributed by atoms with Crippen LogP contribution in [0.5, 0.6) is 0 Å². The fraction of sp³-hybridized carbons (Fsp3) is 1.00. The maximum absolute atomic E-state index is 6.52. The molecular weight excluding hydrogens is 332 g/mol. The van der Waals surface area contributed by atoms with Gasteiger partial charge in [-0.05, 0) is 86.4 Å². The molecule has 156 valence electrons. The van der Waals surface area contributed by atoms with Crippen molar-refractivity contribution >= 4 is 0 Å². The van der Waals surface area contributed by atoms with Crippen molar-refractivity contribution in [3.63, 3.8) is 0 Å². The van der Waals surface area contributed by atoms with Crippen molar-refractivity contribution in [1.82, 2.24) is 10.9 Å². The van der Waals surface area contributed by atoms with Crippen LogP contribution in [0.3, 0.4) is 0 Å². The quantitative estimate of drug-likeness (QED) is 0.633. The highest BCUT2D eigenvalue weighted by Gasteiger charge is 2.40. The number of hydrazine groups is 1. The lowest BCUT2D eigenvalue weighted by atomic mass is 9.69. The molecule has 0 spiro atoms. The largest absolute Gasteiger partial charge is 0.342 e. The van der Waals surface area contributed by atoms with Crippen LogP contribution in [-0.2, 0) is 4.74 Å². The molecule has 1 heterocycles. The van der Waals surface area contributed by atoms with E-state index in [4.69, 9.17) is 4.74 Å². The van der Waals surface area contributed by atoms with Gasteiger partial charge in [0.1, 0.15) is 12.5 Å². The van der Waals surface area contributed by atoms with Crippen molar-refractivity contribution in [1.29, 1.82) is 0 Å². The number of hydrogen-bond donors (Lipinski definition) is 2. The van der Waals surface area contributed by atoms with Crippen molar-refractivity contribution in [3.05, 3.63) is 0 Å². The zero-order valence-electron chi connectivity index (χ0n) is 18.1. The molecule has 3 heteroatoms. The van der Waals surface area contributed by atoms with Gasteiger partial charge in [0.2, 0.25) is 0 Å². The van der Waals surface area contributed by atoms with Crippen molar-refractivity contribution in [2.75, 3.05) is 0 Å². The molecule has 0 aromatic heterocycles. The summed E-state index contributed by atoms with van der Waals surface area (Å²) in [6.07, 6.45) is 19.0. The van der Waals surface area contributed by atoms with Gasteiger partial charge < -0.3 is 4.74 Å². The van der Waals surface area contributed by atoms with Gasteiger partial charge in [-0.3, -0.25) is 0 Å². The van der Waals surface area contributed by atoms with Gasteiger partial charge in [-0.25, -0.2) is 10.9 Å². The lowest BCUT2D eigenvalue weighted by Gasteiger charge is -2.39. The molecular formula is C24H44N2O. The van der Waals surface area contributed by atoms with E-state index >= 15 is 0 Å². The van der Waals surface area contributed by atoms with E-state index in [2.05, 4.69) is 31.6 Å². The Hall–Kier alpha value is -0.120. The SMILES string of the molecule is CC(C)(C)C1CCC([C@@H]2NN[C@H](C3CCC(C4CCCCC4)CC3)O2)CC1. The monoisotopic (exact) mass is 376 g/mol. The van der Waals surface area contributed by atoms with Gasteiger partial charge in [0, 0.05) is 0 Å². The Kier molecular flexibility index (Phi) is 6.51. The number of hydrogen-bond acceptors (Lipinski definition) is 3. The van der Waals surface area contributed by atoms with Crippen molar-refractivity contribution in [2.24, 2.45) is 35.0 Å². The normalized spacial score (nSPS) is 42.3. The van der Waals surface area contributed by atoms with E-state index in [1.807, 2.05) is 0 Å². The molecule has 3 saturated carbocycles. The Morgan fingerprint density at radius 3 is 1.52 bits per heavy atom. The Bertz CT molecular complexity index is 451. The molecule has 0 bridgehead atoms. The predicted octanol–water partition coefficient (Wildman–Crippen LogP) is 6.00. The van der Waals surface area contributed by atoms with Gasteiger partial charge in [-0.2, -0.15) is 0 Å². The van der Waals surface area contributed by atoms with Gasteiger partial charge in [0.05, 0.1) is 0 Å². The second-order valence-electron chi connectivity index (χ2n) is 11.3. The first-order chi connectivity index (χ1) is 13.0. The lowest BCUT2D eigenvalue weighted by Crippen LogP contribution is -2.41. The molecule has 4 fully saturated rings. The maximum atomic E-state index is 6.52. The summed E-state index contributed by atoms with van der Waals surface area (Å²) in [7, 11) is 0. The number of ether oxygens (including phenoxy) is 1. The highest BCUT2D eigenvalue weighted by atomic mass is 16.5. The summed E-state index contributed by atoms with van der Waals surface area (Å²) in [6.45, 7) is 7.22. The van der Waals surface area contributed by atoms with E-state index in [1.54, 1.807) is 0 Å². The molecule has 4 aliphatic rings. The van der Waals surface area contributed by atoms with Gasteiger partial charge in [0.15, 0.2) is 0 Å². The van der Waals surface area contributed by atoms with Crippen LogP contribution in [0.4, 0.5) is 0 Å². The molecule has 2 N–H and O–H groups in total. The van der Waals surface area contributed by atoms with Crippen LogP contribution in [-0.4, -0.2) is 12.5 Å². The molecule has 0 unspecified atom stereocenters. The third kappa shape index (κ3) is 4.90. The van der Waals surface area contributed by atoms with Crippen LogP contribution in [0, 0.1) is 35.0 Å². The first-order valence-corrected chi connectivity index (χ1v) is 12.2. The first-order valence-electron chi connectivity index (χ1n) is 12.2. The van der Waals surface area contributed by atoms with E-state index in [-0.39, 0.29) is 12.5 Å². The second kappa shape index (κ2) is 8.71. The average molecular weight is 377 g/mol. The fourth-order valence-electron chi connectivity index (χ4n) is 6.66. The minimum atomic E-state index is 0.243. The van der Waals surface area contributed by atoms with E-state index in [0.717, 1.165) is 17.8 Å². The Morgan fingerprint density at radius 2 is 1.00 bits per heavy atom. The summed E-state index contributed by atoms with van der Waals surface area (Å²) in [5, 5.41) is 0. The zero-order chi connectivity index (χ0) is 18.9. The standard InChI is InChI=1S/C24H44N2O/c1-24(2,3)21-15-13-20(14-16-21)23-26-25-22(27-23)19-11-9-18(10-12-19)17-7-5-4-6-8-17/h17-23,25-26H,4-16H2,1-3H3/t18?,19?,20?,21?,22-,23+/m0/s1. The van der Waals surface area contributed by atoms with Crippen LogP contribution < -0.4 is 10.9 Å². The number of rotatable bonds is 3. The van der Waals surface area contributed by atoms with E-state index in [9.17, 15) is 0 Å². The molecule has 3 aliphatic carbocycles. The van der Waals surface area contributed by atoms with Gasteiger partial charge in [0.25, 0.3) is 0 Å². The van der Waals surface area contributed by atoms with E-state index < -0.39 is 0 Å². The van der Waals surface area contributed by atoms with E-state index in [0.29, 0.717) is 17.3 Å². The van der Waals surface area contributed by atoms with Crippen LogP contribution in [0.25, 0.3) is 0 Å². The summed E-state index contributed by atoms with van der Waals surface area (Å²) < 4.78 is 6.52. The third-order valence-corrected chi connectivity index (χ3v) is 8.65. The Morgan fingerprint density at radius 1 is 0.556 bits per heavy atom. The van der Waals surface area contributed by atoms with Gasteiger partial charge in [-0.15, -0.1) is 0 Å². The third-order valence-electron chi connectivity index (χ3n) is 8.65.